The minimum Gasteiger partial charge on any atom is -0.366 e. The smallest absolute Gasteiger partial charge is 0.274 e. The fourth-order valence-electron chi connectivity index (χ4n) is 2.75. The summed E-state index contributed by atoms with van der Waals surface area (Å²) in [6, 6.07) is 7.97. The van der Waals surface area contributed by atoms with Crippen molar-refractivity contribution in [2.75, 3.05) is 27.5 Å². The zero-order valence-corrected chi connectivity index (χ0v) is 15.4. The van der Waals surface area contributed by atoms with Gasteiger partial charge >= 0.3 is 0 Å². The second-order valence-corrected chi connectivity index (χ2v) is 8.48. The Morgan fingerprint density at radius 1 is 1.11 bits per heavy atom. The van der Waals surface area contributed by atoms with Gasteiger partial charge in [0.15, 0.2) is 9.84 Å². The van der Waals surface area contributed by atoms with Crippen LogP contribution >= 0.6 is 0 Å². The van der Waals surface area contributed by atoms with Crippen molar-refractivity contribution in [3.05, 3.63) is 42.4 Å². The molecule has 0 radical (unpaired) electrons. The molecule has 2 amide bonds. The lowest BCUT2D eigenvalue weighted by atomic mass is 10.2. The molecule has 0 saturated carbocycles. The minimum absolute atomic E-state index is 0.0501. The quantitative estimate of drug-likeness (QED) is 0.702. The highest BCUT2D eigenvalue weighted by molar-refractivity contribution is 7.91. The Balaban J connectivity index is 1.68. The standard InChI is InChI=1S/C17H19N5O4S/c1-11(23)20-12-3-2-4-13(7-12)22-17(24)15-8-16(19-10-18-15)21-14-5-6-27(25,26)9-14/h2-4,7-8,10,14H,5-6,9H2,1H3,(H,20,23)(H,22,24)(H,18,19,21). The predicted molar refractivity (Wildman–Crippen MR) is 101 cm³/mol. The molecule has 1 aliphatic heterocycles. The van der Waals surface area contributed by atoms with E-state index in [1.165, 1.54) is 19.3 Å². The third-order valence-corrected chi connectivity index (χ3v) is 5.69. The number of carbonyl (C=O) groups is 2. The van der Waals surface area contributed by atoms with E-state index in [0.717, 1.165) is 0 Å². The molecule has 1 fully saturated rings. The van der Waals surface area contributed by atoms with Crippen molar-refractivity contribution in [2.45, 2.75) is 19.4 Å². The van der Waals surface area contributed by atoms with Crippen LogP contribution in [0.25, 0.3) is 0 Å². The molecule has 1 aromatic carbocycles. The molecule has 1 aromatic heterocycles. The summed E-state index contributed by atoms with van der Waals surface area (Å²) in [5.41, 5.74) is 1.20. The molecular formula is C17H19N5O4S. The van der Waals surface area contributed by atoms with Crippen LogP contribution in [0.2, 0.25) is 0 Å². The van der Waals surface area contributed by atoms with E-state index in [2.05, 4.69) is 25.9 Å². The van der Waals surface area contributed by atoms with Crippen LogP contribution < -0.4 is 16.0 Å². The zero-order valence-electron chi connectivity index (χ0n) is 14.6. The number of anilines is 3. The van der Waals surface area contributed by atoms with Gasteiger partial charge in [-0.05, 0) is 24.6 Å². The molecular weight excluding hydrogens is 370 g/mol. The molecule has 1 saturated heterocycles. The first-order valence-electron chi connectivity index (χ1n) is 8.29. The number of benzene rings is 1. The molecule has 9 nitrogen and oxygen atoms in total. The van der Waals surface area contributed by atoms with Gasteiger partial charge in [-0.25, -0.2) is 18.4 Å². The number of nitrogens with one attached hydrogen (secondary N) is 3. The lowest BCUT2D eigenvalue weighted by molar-refractivity contribution is -0.114. The molecule has 3 N–H and O–H groups in total. The summed E-state index contributed by atoms with van der Waals surface area (Å²) in [7, 11) is -3.01. The molecule has 2 heterocycles. The zero-order chi connectivity index (χ0) is 19.4. The Kier molecular flexibility index (Phi) is 5.36. The number of carbonyl (C=O) groups excluding carboxylic acids is 2. The van der Waals surface area contributed by atoms with Gasteiger partial charge in [-0.1, -0.05) is 6.07 Å². The highest BCUT2D eigenvalue weighted by Gasteiger charge is 2.28. The van der Waals surface area contributed by atoms with E-state index in [9.17, 15) is 18.0 Å². The number of rotatable bonds is 5. The maximum Gasteiger partial charge on any atom is 0.274 e. The summed E-state index contributed by atoms with van der Waals surface area (Å²) in [5.74, 6) is -0.0648. The first-order chi connectivity index (χ1) is 12.8. The van der Waals surface area contributed by atoms with Crippen molar-refractivity contribution in [1.82, 2.24) is 9.97 Å². The molecule has 142 valence electrons. The van der Waals surface area contributed by atoms with Crippen LogP contribution in [0.1, 0.15) is 23.8 Å². The van der Waals surface area contributed by atoms with Crippen LogP contribution in [0.15, 0.2) is 36.7 Å². The fraction of sp³-hybridized carbons (Fsp3) is 0.294. The van der Waals surface area contributed by atoms with Crippen LogP contribution in [-0.4, -0.2) is 47.7 Å². The summed E-state index contributed by atoms with van der Waals surface area (Å²) in [4.78, 5) is 31.6. The molecule has 2 aromatic rings. The number of amides is 2. The van der Waals surface area contributed by atoms with Crippen molar-refractivity contribution in [3.63, 3.8) is 0 Å². The summed E-state index contributed by atoms with van der Waals surface area (Å²) in [6.45, 7) is 1.40. The third kappa shape index (κ3) is 5.23. The SMILES string of the molecule is CC(=O)Nc1cccc(NC(=O)c2cc(NC3CCS(=O)(=O)C3)ncn2)c1. The molecule has 0 bridgehead atoms. The maximum atomic E-state index is 12.4. The molecule has 1 aliphatic rings. The van der Waals surface area contributed by atoms with Gasteiger partial charge in [-0.2, -0.15) is 0 Å². The number of hydrogen-bond acceptors (Lipinski definition) is 7. The number of hydrogen-bond donors (Lipinski definition) is 3. The van der Waals surface area contributed by atoms with Crippen molar-refractivity contribution in [3.8, 4) is 0 Å². The van der Waals surface area contributed by atoms with E-state index in [-0.39, 0.29) is 29.1 Å². The summed E-state index contributed by atoms with van der Waals surface area (Å²) < 4.78 is 23.1. The van der Waals surface area contributed by atoms with Crippen molar-refractivity contribution in [1.29, 1.82) is 0 Å². The van der Waals surface area contributed by atoms with E-state index in [1.54, 1.807) is 24.3 Å². The second kappa shape index (κ2) is 7.70. The Bertz CT molecular complexity index is 977. The molecule has 10 heteroatoms. The van der Waals surface area contributed by atoms with Crippen molar-refractivity contribution < 1.29 is 18.0 Å². The predicted octanol–water partition coefficient (Wildman–Crippen LogP) is 1.29. The molecule has 1 atom stereocenters. The van der Waals surface area contributed by atoms with Crippen LogP contribution in [0.4, 0.5) is 17.2 Å². The molecule has 0 spiro atoms. The first-order valence-corrected chi connectivity index (χ1v) is 10.1. The van der Waals surface area contributed by atoms with Gasteiger partial charge in [0.2, 0.25) is 5.91 Å². The normalized spacial score (nSPS) is 17.9. The molecule has 3 rings (SSSR count). The highest BCUT2D eigenvalue weighted by Crippen LogP contribution is 2.18. The van der Waals surface area contributed by atoms with E-state index < -0.39 is 15.7 Å². The van der Waals surface area contributed by atoms with Gasteiger partial charge < -0.3 is 16.0 Å². The Morgan fingerprint density at radius 3 is 2.52 bits per heavy atom. The first kappa shape index (κ1) is 18.8. The lowest BCUT2D eigenvalue weighted by Gasteiger charge is -2.12. The van der Waals surface area contributed by atoms with Crippen molar-refractivity contribution in [2.24, 2.45) is 0 Å². The Hall–Kier alpha value is -3.01. The summed E-state index contributed by atoms with van der Waals surface area (Å²) in [5, 5.41) is 8.37. The van der Waals surface area contributed by atoms with Crippen LogP contribution in [0.3, 0.4) is 0 Å². The third-order valence-electron chi connectivity index (χ3n) is 3.92. The number of sulfone groups is 1. The topological polar surface area (TPSA) is 130 Å². The maximum absolute atomic E-state index is 12.4. The number of nitrogens with zero attached hydrogens (tertiary/aromatic N) is 2. The van der Waals surface area contributed by atoms with Crippen LogP contribution in [0.5, 0.6) is 0 Å². The van der Waals surface area contributed by atoms with E-state index >= 15 is 0 Å². The number of aromatic nitrogens is 2. The van der Waals surface area contributed by atoms with Gasteiger partial charge in [0.05, 0.1) is 11.5 Å². The summed E-state index contributed by atoms with van der Waals surface area (Å²) in [6.07, 6.45) is 1.75. The second-order valence-electron chi connectivity index (χ2n) is 6.25. The largest absolute Gasteiger partial charge is 0.366 e. The Morgan fingerprint density at radius 2 is 1.85 bits per heavy atom. The molecule has 27 heavy (non-hydrogen) atoms. The minimum atomic E-state index is -3.01. The van der Waals surface area contributed by atoms with Gasteiger partial charge in [0.25, 0.3) is 5.91 Å². The lowest BCUT2D eigenvalue weighted by Crippen LogP contribution is -2.22. The van der Waals surface area contributed by atoms with E-state index in [4.69, 9.17) is 0 Å². The average molecular weight is 389 g/mol. The molecule has 0 aliphatic carbocycles. The van der Waals surface area contributed by atoms with Gasteiger partial charge in [0.1, 0.15) is 17.8 Å². The summed E-state index contributed by atoms with van der Waals surface area (Å²) >= 11 is 0. The van der Waals surface area contributed by atoms with Crippen molar-refractivity contribution >= 4 is 38.8 Å². The van der Waals surface area contributed by atoms with Gasteiger partial charge in [0, 0.05) is 30.4 Å². The van der Waals surface area contributed by atoms with E-state index in [1.807, 2.05) is 0 Å². The van der Waals surface area contributed by atoms with Gasteiger partial charge in [-0.3, -0.25) is 9.59 Å². The highest BCUT2D eigenvalue weighted by atomic mass is 32.2. The monoisotopic (exact) mass is 389 g/mol. The average Bonchev–Trinajstić information content (AvgIpc) is 2.93. The fourth-order valence-corrected chi connectivity index (χ4v) is 4.42. The van der Waals surface area contributed by atoms with E-state index in [0.29, 0.717) is 23.6 Å². The van der Waals surface area contributed by atoms with Crippen LogP contribution in [0, 0.1) is 0 Å². The van der Waals surface area contributed by atoms with Gasteiger partial charge in [-0.15, -0.1) is 0 Å². The van der Waals surface area contributed by atoms with Crippen LogP contribution in [-0.2, 0) is 14.6 Å². The molecule has 1 unspecified atom stereocenters. The Labute approximate surface area is 156 Å².